The number of aliphatic imine (C=N–C) groups is 1. The van der Waals surface area contributed by atoms with Crippen molar-refractivity contribution >= 4 is 41.8 Å². The van der Waals surface area contributed by atoms with Crippen molar-refractivity contribution in [3.05, 3.63) is 12.7 Å². The Labute approximate surface area is 184 Å². The summed E-state index contributed by atoms with van der Waals surface area (Å²) in [6, 6.07) is 0. The molecule has 2 fully saturated rings. The van der Waals surface area contributed by atoms with Gasteiger partial charge in [0.05, 0.1) is 19.8 Å². The fourth-order valence-corrected chi connectivity index (χ4v) is 2.94. The van der Waals surface area contributed by atoms with Crippen LogP contribution in [0.25, 0.3) is 0 Å². The summed E-state index contributed by atoms with van der Waals surface area (Å²) in [5, 5.41) is 3.22. The van der Waals surface area contributed by atoms with E-state index < -0.39 is 0 Å². The molecule has 2 heterocycles. The zero-order chi connectivity index (χ0) is 19.6. The summed E-state index contributed by atoms with van der Waals surface area (Å²) < 4.78 is 5.30. The number of carbonyl (C=O) groups excluding carboxylic acids is 2. The van der Waals surface area contributed by atoms with E-state index in [0.29, 0.717) is 45.4 Å². The minimum Gasteiger partial charge on any atom is -0.378 e. The molecule has 0 aliphatic carbocycles. The van der Waals surface area contributed by atoms with Crippen molar-refractivity contribution in [3.8, 4) is 0 Å². The number of hydrogen-bond donors (Lipinski definition) is 1. The predicted molar refractivity (Wildman–Crippen MR) is 120 cm³/mol. The van der Waals surface area contributed by atoms with Crippen molar-refractivity contribution in [2.24, 2.45) is 4.99 Å². The number of ether oxygens (including phenoxy) is 1. The van der Waals surface area contributed by atoms with Crippen LogP contribution in [0.3, 0.4) is 0 Å². The molecule has 0 radical (unpaired) electrons. The number of halogens is 1. The van der Waals surface area contributed by atoms with E-state index in [9.17, 15) is 9.59 Å². The van der Waals surface area contributed by atoms with Gasteiger partial charge in [0.15, 0.2) is 5.96 Å². The summed E-state index contributed by atoms with van der Waals surface area (Å²) in [5.41, 5.74) is 0. The monoisotopic (exact) mass is 508 g/mol. The largest absolute Gasteiger partial charge is 0.378 e. The Hall–Kier alpha value is -1.40. The highest BCUT2D eigenvalue weighted by Gasteiger charge is 2.24. The van der Waals surface area contributed by atoms with E-state index in [1.54, 1.807) is 20.2 Å². The maximum atomic E-state index is 12.4. The van der Waals surface area contributed by atoms with Gasteiger partial charge >= 0.3 is 0 Å². The minimum absolute atomic E-state index is 0. The zero-order valence-corrected chi connectivity index (χ0v) is 19.3. The number of nitrogens with zero attached hydrogens (tertiary/aromatic N) is 5. The van der Waals surface area contributed by atoms with E-state index in [1.807, 2.05) is 4.90 Å². The van der Waals surface area contributed by atoms with Crippen molar-refractivity contribution in [1.82, 2.24) is 24.9 Å². The molecule has 0 bridgehead atoms. The first-order valence-corrected chi connectivity index (χ1v) is 9.43. The van der Waals surface area contributed by atoms with Crippen LogP contribution in [0.1, 0.15) is 0 Å². The van der Waals surface area contributed by atoms with Crippen LogP contribution in [0.15, 0.2) is 17.6 Å². The second kappa shape index (κ2) is 12.9. The van der Waals surface area contributed by atoms with Gasteiger partial charge in [-0.2, -0.15) is 0 Å². The normalized spacial score (nSPS) is 18.3. The predicted octanol–water partition coefficient (Wildman–Crippen LogP) is -0.699. The van der Waals surface area contributed by atoms with Crippen LogP contribution in [0.4, 0.5) is 0 Å². The number of rotatable bonds is 6. The molecule has 0 aromatic heterocycles. The van der Waals surface area contributed by atoms with Gasteiger partial charge in [-0.3, -0.25) is 14.5 Å². The SMILES string of the molecule is C=CCNC(=NCC(=O)N(C)C)N1CCN(CC(=O)N2CCOCC2)CC1.I. The van der Waals surface area contributed by atoms with E-state index in [2.05, 4.69) is 26.7 Å². The first-order chi connectivity index (χ1) is 13.0. The van der Waals surface area contributed by atoms with Crippen molar-refractivity contribution in [2.45, 2.75) is 0 Å². The molecule has 2 aliphatic rings. The number of hydrogen-bond acceptors (Lipinski definition) is 5. The van der Waals surface area contributed by atoms with E-state index >= 15 is 0 Å². The Morgan fingerprint density at radius 3 is 2.32 bits per heavy atom. The van der Waals surface area contributed by atoms with Gasteiger partial charge in [-0.1, -0.05) is 6.08 Å². The van der Waals surface area contributed by atoms with Gasteiger partial charge in [-0.25, -0.2) is 4.99 Å². The van der Waals surface area contributed by atoms with Crippen molar-refractivity contribution in [3.63, 3.8) is 0 Å². The third-order valence-electron chi connectivity index (χ3n) is 4.66. The van der Waals surface area contributed by atoms with Crippen molar-refractivity contribution < 1.29 is 14.3 Å². The number of piperazine rings is 1. The summed E-state index contributed by atoms with van der Waals surface area (Å²) in [6.07, 6.45) is 1.76. The third kappa shape index (κ3) is 7.92. The second-order valence-electron chi connectivity index (χ2n) is 6.85. The van der Waals surface area contributed by atoms with E-state index in [-0.39, 0.29) is 42.3 Å². The first-order valence-electron chi connectivity index (χ1n) is 9.43. The highest BCUT2D eigenvalue weighted by molar-refractivity contribution is 14.0. The number of morpholine rings is 1. The molecular weight excluding hydrogens is 475 g/mol. The van der Waals surface area contributed by atoms with Gasteiger partial charge in [0.25, 0.3) is 0 Å². The summed E-state index contributed by atoms with van der Waals surface area (Å²) in [4.78, 5) is 36.4. The van der Waals surface area contributed by atoms with Crippen molar-refractivity contribution in [1.29, 1.82) is 0 Å². The van der Waals surface area contributed by atoms with E-state index in [1.165, 1.54) is 4.90 Å². The minimum atomic E-state index is -0.0392. The van der Waals surface area contributed by atoms with E-state index in [0.717, 1.165) is 26.2 Å². The van der Waals surface area contributed by atoms with Crippen molar-refractivity contribution in [2.75, 3.05) is 86.2 Å². The number of amides is 2. The van der Waals surface area contributed by atoms with Gasteiger partial charge in [-0.15, -0.1) is 30.6 Å². The highest BCUT2D eigenvalue weighted by Crippen LogP contribution is 2.05. The summed E-state index contributed by atoms with van der Waals surface area (Å²) in [5.74, 6) is 0.842. The summed E-state index contributed by atoms with van der Waals surface area (Å²) in [7, 11) is 3.44. The maximum absolute atomic E-state index is 12.4. The smallest absolute Gasteiger partial charge is 0.243 e. The van der Waals surface area contributed by atoms with Crippen LogP contribution in [-0.2, 0) is 14.3 Å². The molecule has 160 valence electrons. The molecule has 28 heavy (non-hydrogen) atoms. The molecule has 2 amide bonds. The molecule has 0 aromatic carbocycles. The summed E-state index contributed by atoms with van der Waals surface area (Å²) in [6.45, 7) is 10.6. The maximum Gasteiger partial charge on any atom is 0.243 e. The van der Waals surface area contributed by atoms with Crippen LogP contribution in [0.2, 0.25) is 0 Å². The Kier molecular flexibility index (Phi) is 11.4. The third-order valence-corrected chi connectivity index (χ3v) is 4.66. The molecule has 0 atom stereocenters. The van der Waals surface area contributed by atoms with Gasteiger partial charge in [0.2, 0.25) is 11.8 Å². The van der Waals surface area contributed by atoms with Crippen LogP contribution >= 0.6 is 24.0 Å². The average molecular weight is 508 g/mol. The number of likely N-dealkylation sites (N-methyl/N-ethyl adjacent to an activating group) is 1. The number of carbonyl (C=O) groups is 2. The van der Waals surface area contributed by atoms with Crippen LogP contribution in [0.5, 0.6) is 0 Å². The number of guanidine groups is 1. The van der Waals surface area contributed by atoms with Gasteiger partial charge < -0.3 is 24.8 Å². The topological polar surface area (TPSA) is 80.7 Å². The van der Waals surface area contributed by atoms with Gasteiger partial charge in [0, 0.05) is 59.9 Å². The standard InChI is InChI=1S/C18H32N6O3.HI/c1-4-5-19-18(20-14-16(25)21(2)3)24-8-6-22(7-9-24)15-17(26)23-10-12-27-13-11-23;/h4H,1,5-15H2,2-3H3,(H,19,20);1H. The molecular formula is C18H33IN6O3. The van der Waals surface area contributed by atoms with Crippen LogP contribution in [-0.4, -0.2) is 124 Å². The molecule has 9 nitrogen and oxygen atoms in total. The lowest BCUT2D eigenvalue weighted by Crippen LogP contribution is -2.55. The highest BCUT2D eigenvalue weighted by atomic mass is 127. The second-order valence-corrected chi connectivity index (χ2v) is 6.85. The number of nitrogens with one attached hydrogen (secondary N) is 1. The lowest BCUT2D eigenvalue weighted by Gasteiger charge is -2.37. The van der Waals surface area contributed by atoms with Crippen LogP contribution in [0, 0.1) is 0 Å². The Morgan fingerprint density at radius 1 is 1.11 bits per heavy atom. The Bertz CT molecular complexity index is 543. The fraction of sp³-hybridized carbons (Fsp3) is 0.722. The molecule has 10 heteroatoms. The van der Waals surface area contributed by atoms with Crippen LogP contribution < -0.4 is 5.32 Å². The van der Waals surface area contributed by atoms with Gasteiger partial charge in [0.1, 0.15) is 6.54 Å². The van der Waals surface area contributed by atoms with Gasteiger partial charge in [-0.05, 0) is 0 Å². The fourth-order valence-electron chi connectivity index (χ4n) is 2.94. The molecule has 0 spiro atoms. The molecule has 0 aromatic rings. The molecule has 2 saturated heterocycles. The molecule has 2 aliphatic heterocycles. The zero-order valence-electron chi connectivity index (χ0n) is 16.9. The lowest BCUT2D eigenvalue weighted by molar-refractivity contribution is -0.136. The Morgan fingerprint density at radius 2 is 1.75 bits per heavy atom. The molecule has 0 saturated carbocycles. The van der Waals surface area contributed by atoms with E-state index in [4.69, 9.17) is 4.74 Å². The lowest BCUT2D eigenvalue weighted by atomic mass is 10.3. The summed E-state index contributed by atoms with van der Waals surface area (Å²) >= 11 is 0. The average Bonchev–Trinajstić information content (AvgIpc) is 2.69. The Balaban J connectivity index is 0.00000392. The quantitative estimate of drug-likeness (QED) is 0.221. The first kappa shape index (κ1) is 24.6. The molecule has 0 unspecified atom stereocenters. The molecule has 2 rings (SSSR count). The molecule has 1 N–H and O–H groups in total.